The minimum Gasteiger partial charge on any atom is -0.298 e. The van der Waals surface area contributed by atoms with Crippen LogP contribution in [-0.2, 0) is 4.79 Å². The predicted octanol–water partition coefficient (Wildman–Crippen LogP) is 0.598. The van der Waals surface area contributed by atoms with Crippen LogP contribution in [0.3, 0.4) is 0 Å². The van der Waals surface area contributed by atoms with Gasteiger partial charge in [-0.2, -0.15) is 0 Å². The molecule has 4 nitrogen and oxygen atoms in total. The Morgan fingerprint density at radius 1 is 1.00 bits per heavy atom. The quantitative estimate of drug-likeness (QED) is 0.694. The summed E-state index contributed by atoms with van der Waals surface area (Å²) < 4.78 is 0. The Bertz CT molecular complexity index is 196. The maximum Gasteiger partial charge on any atom is 0.221 e. The van der Waals surface area contributed by atoms with Crippen molar-refractivity contribution in [3.8, 4) is 0 Å². The molecule has 2 rings (SSSR count). The Morgan fingerprint density at radius 2 is 1.67 bits per heavy atom. The first-order chi connectivity index (χ1) is 7.40. The summed E-state index contributed by atoms with van der Waals surface area (Å²) in [6.45, 7) is 4.14. The number of rotatable bonds is 3. The van der Waals surface area contributed by atoms with E-state index in [-0.39, 0.29) is 0 Å². The lowest BCUT2D eigenvalue weighted by Gasteiger charge is -2.40. The van der Waals surface area contributed by atoms with Crippen LogP contribution in [0.1, 0.15) is 32.1 Å². The summed E-state index contributed by atoms with van der Waals surface area (Å²) in [4.78, 5) is 12.9. The molecule has 1 aliphatic carbocycles. The third kappa shape index (κ3) is 2.92. The molecule has 0 aromatic carbocycles. The third-order valence-corrected chi connectivity index (χ3v) is 3.64. The van der Waals surface area contributed by atoms with E-state index in [1.165, 1.54) is 32.1 Å². The van der Waals surface area contributed by atoms with E-state index < -0.39 is 0 Å². The second-order valence-corrected chi connectivity index (χ2v) is 4.56. The van der Waals surface area contributed by atoms with Crippen molar-refractivity contribution in [2.24, 2.45) is 0 Å². The van der Waals surface area contributed by atoms with Crippen LogP contribution in [0.25, 0.3) is 0 Å². The lowest BCUT2D eigenvalue weighted by atomic mass is 9.94. The number of hydrogen-bond acceptors (Lipinski definition) is 3. The normalized spacial score (nSPS) is 26.4. The maximum atomic E-state index is 10.3. The van der Waals surface area contributed by atoms with Crippen LogP contribution in [0.15, 0.2) is 0 Å². The number of nitrogens with zero attached hydrogens (tertiary/aromatic N) is 2. The number of carbonyl (C=O) groups is 1. The zero-order valence-corrected chi connectivity index (χ0v) is 9.32. The highest BCUT2D eigenvalue weighted by atomic mass is 16.1. The van der Waals surface area contributed by atoms with Crippen LogP contribution in [-0.4, -0.2) is 48.5 Å². The summed E-state index contributed by atoms with van der Waals surface area (Å²) in [5.74, 6) is 0. The zero-order chi connectivity index (χ0) is 10.5. The van der Waals surface area contributed by atoms with Gasteiger partial charge in [-0.1, -0.05) is 19.3 Å². The van der Waals surface area contributed by atoms with Crippen molar-refractivity contribution in [1.82, 2.24) is 15.3 Å². The average Bonchev–Trinajstić information content (AvgIpc) is 2.32. The van der Waals surface area contributed by atoms with Gasteiger partial charge in [0.2, 0.25) is 6.41 Å². The van der Waals surface area contributed by atoms with E-state index in [1.54, 1.807) is 0 Å². The lowest BCUT2D eigenvalue weighted by Crippen LogP contribution is -2.54. The number of carbonyl (C=O) groups excluding carboxylic acids is 1. The van der Waals surface area contributed by atoms with Gasteiger partial charge in [0, 0.05) is 32.2 Å². The molecule has 86 valence electrons. The highest BCUT2D eigenvalue weighted by Gasteiger charge is 2.24. The molecule has 0 radical (unpaired) electrons. The van der Waals surface area contributed by atoms with E-state index in [4.69, 9.17) is 0 Å². The van der Waals surface area contributed by atoms with E-state index in [2.05, 4.69) is 10.3 Å². The van der Waals surface area contributed by atoms with Crippen molar-refractivity contribution >= 4 is 6.41 Å². The Labute approximate surface area is 91.6 Å². The first-order valence-electron chi connectivity index (χ1n) is 6.09. The first-order valence-corrected chi connectivity index (χ1v) is 6.09. The summed E-state index contributed by atoms with van der Waals surface area (Å²) in [6.07, 6.45) is 7.75. The molecule has 0 spiro atoms. The van der Waals surface area contributed by atoms with E-state index >= 15 is 0 Å². The van der Waals surface area contributed by atoms with Crippen molar-refractivity contribution in [1.29, 1.82) is 0 Å². The molecule has 1 amide bonds. The molecule has 0 atom stereocenters. The van der Waals surface area contributed by atoms with Gasteiger partial charge in [0.05, 0.1) is 0 Å². The van der Waals surface area contributed by atoms with Crippen LogP contribution >= 0.6 is 0 Å². The Hall–Kier alpha value is -0.610. The molecule has 1 N–H and O–H groups in total. The highest BCUT2D eigenvalue weighted by Crippen LogP contribution is 2.23. The summed E-state index contributed by atoms with van der Waals surface area (Å²) in [5, 5.41) is 2.01. The summed E-state index contributed by atoms with van der Waals surface area (Å²) in [7, 11) is 0. The van der Waals surface area contributed by atoms with Gasteiger partial charge in [0.15, 0.2) is 0 Å². The van der Waals surface area contributed by atoms with E-state index in [0.29, 0.717) is 0 Å². The summed E-state index contributed by atoms with van der Waals surface area (Å²) >= 11 is 0. The van der Waals surface area contributed by atoms with Crippen molar-refractivity contribution in [2.45, 2.75) is 38.1 Å². The van der Waals surface area contributed by atoms with Crippen LogP contribution < -0.4 is 5.43 Å². The van der Waals surface area contributed by atoms with Crippen LogP contribution in [0, 0.1) is 0 Å². The monoisotopic (exact) mass is 211 g/mol. The average molecular weight is 211 g/mol. The van der Waals surface area contributed by atoms with Gasteiger partial charge in [0.25, 0.3) is 0 Å². The minimum absolute atomic E-state index is 0.774. The van der Waals surface area contributed by atoms with Gasteiger partial charge >= 0.3 is 0 Å². The smallest absolute Gasteiger partial charge is 0.221 e. The molecule has 15 heavy (non-hydrogen) atoms. The molecule has 2 aliphatic rings. The number of nitrogens with one attached hydrogen (secondary N) is 1. The van der Waals surface area contributed by atoms with Gasteiger partial charge in [0.1, 0.15) is 0 Å². The molecule has 0 aromatic heterocycles. The largest absolute Gasteiger partial charge is 0.298 e. The third-order valence-electron chi connectivity index (χ3n) is 3.64. The Kier molecular flexibility index (Phi) is 3.97. The SMILES string of the molecule is O=CNN1CCN(C2CCCCC2)CC1. The van der Waals surface area contributed by atoms with Crippen LogP contribution in [0.4, 0.5) is 0 Å². The van der Waals surface area contributed by atoms with Gasteiger partial charge in [-0.25, -0.2) is 5.01 Å². The molecule has 4 heteroatoms. The lowest BCUT2D eigenvalue weighted by molar-refractivity contribution is -0.114. The van der Waals surface area contributed by atoms with Crippen molar-refractivity contribution in [2.75, 3.05) is 26.2 Å². The molecule has 1 saturated carbocycles. The number of hydrogen-bond donors (Lipinski definition) is 1. The molecular weight excluding hydrogens is 190 g/mol. The second kappa shape index (κ2) is 5.47. The highest BCUT2D eigenvalue weighted by molar-refractivity contribution is 5.44. The number of amides is 1. The fraction of sp³-hybridized carbons (Fsp3) is 0.909. The molecule has 1 heterocycles. The van der Waals surface area contributed by atoms with E-state index in [9.17, 15) is 4.79 Å². The van der Waals surface area contributed by atoms with E-state index in [1.807, 2.05) is 5.01 Å². The van der Waals surface area contributed by atoms with Gasteiger partial charge in [-0.3, -0.25) is 15.1 Å². The topological polar surface area (TPSA) is 35.6 Å². The fourth-order valence-electron chi connectivity index (χ4n) is 2.74. The fourth-order valence-corrected chi connectivity index (χ4v) is 2.74. The Balaban J connectivity index is 1.74. The number of hydrazine groups is 1. The van der Waals surface area contributed by atoms with Crippen molar-refractivity contribution in [3.05, 3.63) is 0 Å². The predicted molar refractivity (Wildman–Crippen MR) is 59.2 cm³/mol. The van der Waals surface area contributed by atoms with Crippen LogP contribution in [0.5, 0.6) is 0 Å². The molecule has 0 unspecified atom stereocenters. The van der Waals surface area contributed by atoms with Gasteiger partial charge in [-0.05, 0) is 12.8 Å². The maximum absolute atomic E-state index is 10.3. The number of piperazine rings is 1. The molecule has 1 saturated heterocycles. The second-order valence-electron chi connectivity index (χ2n) is 4.56. The molecule has 2 fully saturated rings. The first kappa shape index (κ1) is 10.9. The molecule has 0 aromatic rings. The summed E-state index contributed by atoms with van der Waals surface area (Å²) in [6, 6.07) is 0.817. The Morgan fingerprint density at radius 3 is 2.27 bits per heavy atom. The standard InChI is InChI=1S/C11H21N3O/c15-10-12-14-8-6-13(7-9-14)11-4-2-1-3-5-11/h10-11H,1-9H2,(H,12,15). The van der Waals surface area contributed by atoms with Gasteiger partial charge < -0.3 is 0 Å². The van der Waals surface area contributed by atoms with Crippen molar-refractivity contribution in [3.63, 3.8) is 0 Å². The van der Waals surface area contributed by atoms with Crippen LogP contribution in [0.2, 0.25) is 0 Å². The van der Waals surface area contributed by atoms with Gasteiger partial charge in [-0.15, -0.1) is 0 Å². The molecular formula is C11H21N3O. The zero-order valence-electron chi connectivity index (χ0n) is 9.32. The minimum atomic E-state index is 0.774. The molecule has 0 bridgehead atoms. The van der Waals surface area contributed by atoms with E-state index in [0.717, 1.165) is 38.6 Å². The van der Waals surface area contributed by atoms with Crippen molar-refractivity contribution < 1.29 is 4.79 Å². The molecule has 1 aliphatic heterocycles. The summed E-state index contributed by atoms with van der Waals surface area (Å²) in [5.41, 5.74) is 2.73.